The first-order valence-electron chi connectivity index (χ1n) is 5.58. The van der Waals surface area contributed by atoms with Gasteiger partial charge in [0.1, 0.15) is 0 Å². The molecule has 1 aliphatic rings. The van der Waals surface area contributed by atoms with E-state index >= 15 is 0 Å². The number of nitrogens with zero attached hydrogens (tertiary/aromatic N) is 1. The van der Waals surface area contributed by atoms with Crippen molar-refractivity contribution in [2.24, 2.45) is 5.92 Å². The Morgan fingerprint density at radius 1 is 1.44 bits per heavy atom. The molecule has 0 heterocycles. The fraction of sp³-hybridized carbons (Fsp3) is 0.462. The lowest BCUT2D eigenvalue weighted by Gasteiger charge is -2.25. The van der Waals surface area contributed by atoms with E-state index < -0.39 is 0 Å². The molecule has 0 atom stereocenters. The van der Waals surface area contributed by atoms with Crippen LogP contribution >= 0.6 is 0 Å². The molecule has 0 saturated heterocycles. The Bertz CT molecular complexity index is 407. The van der Waals surface area contributed by atoms with Crippen LogP contribution in [0.5, 0.6) is 5.75 Å². The minimum atomic E-state index is -0.368. The average molecular weight is 219 g/mol. The van der Waals surface area contributed by atoms with Crippen molar-refractivity contribution in [1.29, 1.82) is 5.26 Å². The summed E-state index contributed by atoms with van der Waals surface area (Å²) in [5.74, 6) is 0.527. The zero-order chi connectivity index (χ0) is 11.4. The van der Waals surface area contributed by atoms with Crippen molar-refractivity contribution in [1.82, 2.24) is 0 Å². The molecule has 16 heavy (non-hydrogen) atoms. The third kappa shape index (κ3) is 2.52. The van der Waals surface area contributed by atoms with Crippen molar-refractivity contribution in [2.45, 2.75) is 25.7 Å². The molecular formula is C13H14FNO. The predicted octanol–water partition coefficient (Wildman–Crippen LogP) is 3.07. The van der Waals surface area contributed by atoms with Crippen molar-refractivity contribution >= 4 is 0 Å². The van der Waals surface area contributed by atoms with Crippen LogP contribution < -0.4 is 4.74 Å². The van der Waals surface area contributed by atoms with Gasteiger partial charge in [0.15, 0.2) is 11.6 Å². The zero-order valence-corrected chi connectivity index (χ0v) is 9.08. The minimum Gasteiger partial charge on any atom is -0.490 e. The fourth-order valence-corrected chi connectivity index (χ4v) is 1.73. The van der Waals surface area contributed by atoms with Crippen molar-refractivity contribution in [2.75, 3.05) is 6.61 Å². The Morgan fingerprint density at radius 3 is 2.81 bits per heavy atom. The van der Waals surface area contributed by atoms with E-state index in [4.69, 9.17) is 10.00 Å². The van der Waals surface area contributed by atoms with Gasteiger partial charge >= 0.3 is 0 Å². The van der Waals surface area contributed by atoms with Crippen LogP contribution in [-0.4, -0.2) is 6.61 Å². The molecule has 84 valence electrons. The second-order valence-corrected chi connectivity index (χ2v) is 4.21. The molecule has 1 aromatic rings. The number of ether oxygens (including phenoxy) is 1. The summed E-state index contributed by atoms with van der Waals surface area (Å²) in [7, 11) is 0. The summed E-state index contributed by atoms with van der Waals surface area (Å²) in [5, 5.41) is 8.49. The van der Waals surface area contributed by atoms with Gasteiger partial charge in [0.2, 0.25) is 0 Å². The van der Waals surface area contributed by atoms with Crippen LogP contribution in [0.3, 0.4) is 0 Å². The Morgan fingerprint density at radius 2 is 2.25 bits per heavy atom. The Labute approximate surface area is 94.7 Å². The molecule has 2 nitrogen and oxygen atoms in total. The van der Waals surface area contributed by atoms with E-state index in [1.165, 1.54) is 25.3 Å². The molecule has 0 aliphatic heterocycles. The van der Waals surface area contributed by atoms with Gasteiger partial charge in [-0.25, -0.2) is 4.39 Å². The lowest BCUT2D eigenvalue weighted by atomic mass is 9.86. The number of hydrogen-bond donors (Lipinski definition) is 0. The molecule has 1 aliphatic carbocycles. The molecule has 0 radical (unpaired) electrons. The second-order valence-electron chi connectivity index (χ2n) is 4.21. The summed E-state index contributed by atoms with van der Waals surface area (Å²) in [4.78, 5) is 0. The van der Waals surface area contributed by atoms with E-state index in [1.54, 1.807) is 12.1 Å². The molecule has 0 amide bonds. The first kappa shape index (κ1) is 10.9. The first-order valence-corrected chi connectivity index (χ1v) is 5.58. The molecule has 2 rings (SSSR count). The zero-order valence-electron chi connectivity index (χ0n) is 9.08. The number of benzene rings is 1. The van der Waals surface area contributed by atoms with Gasteiger partial charge in [-0.2, -0.15) is 5.26 Å². The number of rotatable bonds is 4. The van der Waals surface area contributed by atoms with E-state index in [0.717, 1.165) is 0 Å². The summed E-state index contributed by atoms with van der Waals surface area (Å²) in [6.45, 7) is 0.606. The molecule has 0 N–H and O–H groups in total. The maximum atomic E-state index is 13.5. The quantitative estimate of drug-likeness (QED) is 0.779. The van der Waals surface area contributed by atoms with E-state index in [1.807, 2.05) is 6.07 Å². The van der Waals surface area contributed by atoms with Gasteiger partial charge in [0.05, 0.1) is 19.1 Å². The summed E-state index contributed by atoms with van der Waals surface area (Å²) in [6, 6.07) is 6.72. The lowest BCUT2D eigenvalue weighted by molar-refractivity contribution is 0.175. The molecule has 0 bridgehead atoms. The van der Waals surface area contributed by atoms with Gasteiger partial charge in [-0.1, -0.05) is 12.5 Å². The van der Waals surface area contributed by atoms with Crippen LogP contribution in [0.15, 0.2) is 18.2 Å². The molecule has 0 unspecified atom stereocenters. The maximum Gasteiger partial charge on any atom is 0.165 e. The van der Waals surface area contributed by atoms with E-state index in [-0.39, 0.29) is 12.2 Å². The SMILES string of the molecule is N#CCc1ccc(OCC2CCC2)c(F)c1. The normalized spacial score (nSPS) is 15.2. The van der Waals surface area contributed by atoms with E-state index in [9.17, 15) is 4.39 Å². The highest BCUT2D eigenvalue weighted by Gasteiger charge is 2.18. The van der Waals surface area contributed by atoms with E-state index in [2.05, 4.69) is 0 Å². The molecule has 3 heteroatoms. The number of nitriles is 1. The second kappa shape index (κ2) is 4.98. The van der Waals surface area contributed by atoms with Gasteiger partial charge in [-0.05, 0) is 36.5 Å². The van der Waals surface area contributed by atoms with Gasteiger partial charge in [-0.3, -0.25) is 0 Å². The van der Waals surface area contributed by atoms with Crippen LogP contribution in [0, 0.1) is 23.1 Å². The highest BCUT2D eigenvalue weighted by atomic mass is 19.1. The largest absolute Gasteiger partial charge is 0.490 e. The molecule has 0 aromatic heterocycles. The first-order chi connectivity index (χ1) is 7.79. The third-order valence-corrected chi connectivity index (χ3v) is 2.98. The minimum absolute atomic E-state index is 0.236. The fourth-order valence-electron chi connectivity index (χ4n) is 1.73. The van der Waals surface area contributed by atoms with Crippen molar-refractivity contribution < 1.29 is 9.13 Å². The highest BCUT2D eigenvalue weighted by molar-refractivity contribution is 5.30. The molecule has 1 saturated carbocycles. The highest BCUT2D eigenvalue weighted by Crippen LogP contribution is 2.28. The summed E-state index contributed by atoms with van der Waals surface area (Å²) < 4.78 is 18.9. The van der Waals surface area contributed by atoms with Crippen LogP contribution in [0.2, 0.25) is 0 Å². The van der Waals surface area contributed by atoms with Gasteiger partial charge in [0.25, 0.3) is 0 Å². The summed E-state index contributed by atoms with van der Waals surface area (Å²) in [6.07, 6.45) is 3.87. The summed E-state index contributed by atoms with van der Waals surface area (Å²) in [5.41, 5.74) is 0.691. The number of hydrogen-bond acceptors (Lipinski definition) is 2. The van der Waals surface area contributed by atoms with Crippen LogP contribution in [-0.2, 0) is 6.42 Å². The average Bonchev–Trinajstić information content (AvgIpc) is 2.19. The van der Waals surface area contributed by atoms with Crippen molar-refractivity contribution in [3.63, 3.8) is 0 Å². The van der Waals surface area contributed by atoms with Gasteiger partial charge in [0, 0.05) is 0 Å². The maximum absolute atomic E-state index is 13.5. The Hall–Kier alpha value is -1.56. The van der Waals surface area contributed by atoms with Crippen molar-refractivity contribution in [3.05, 3.63) is 29.6 Å². The smallest absolute Gasteiger partial charge is 0.165 e. The van der Waals surface area contributed by atoms with Gasteiger partial charge < -0.3 is 4.74 Å². The molecular weight excluding hydrogens is 205 g/mol. The topological polar surface area (TPSA) is 33.0 Å². The van der Waals surface area contributed by atoms with Crippen LogP contribution in [0.4, 0.5) is 4.39 Å². The van der Waals surface area contributed by atoms with Crippen molar-refractivity contribution in [3.8, 4) is 11.8 Å². The monoisotopic (exact) mass is 219 g/mol. The van der Waals surface area contributed by atoms with Crippen LogP contribution in [0.25, 0.3) is 0 Å². The van der Waals surface area contributed by atoms with E-state index in [0.29, 0.717) is 23.8 Å². The lowest BCUT2D eigenvalue weighted by Crippen LogP contribution is -2.19. The summed E-state index contributed by atoms with van der Waals surface area (Å²) >= 11 is 0. The number of halogens is 1. The third-order valence-electron chi connectivity index (χ3n) is 2.98. The molecule has 0 spiro atoms. The standard InChI is InChI=1S/C13H14FNO/c14-12-8-10(6-7-15)4-5-13(12)16-9-11-2-1-3-11/h4-5,8,11H,1-3,6,9H2. The molecule has 1 fully saturated rings. The van der Waals surface area contributed by atoms with Crippen LogP contribution in [0.1, 0.15) is 24.8 Å². The predicted molar refractivity (Wildman–Crippen MR) is 58.6 cm³/mol. The Balaban J connectivity index is 1.95. The van der Waals surface area contributed by atoms with Gasteiger partial charge in [-0.15, -0.1) is 0 Å². The molecule has 1 aromatic carbocycles. The Kier molecular flexibility index (Phi) is 3.40.